The smallest absolute Gasteiger partial charge is 0.244 e. The average Bonchev–Trinajstić information content (AvgIpc) is 3.48. The Balaban J connectivity index is 1.03. The van der Waals surface area contributed by atoms with Gasteiger partial charge in [-0.05, 0) is 50.3 Å². The van der Waals surface area contributed by atoms with Crippen LogP contribution >= 0.6 is 11.8 Å². The SMILES string of the molecule is Cc1ccc(-c2nnc(SCCCCC(=O)N3CCN(S(=O)(=O)c4cccc5ccccc45)C(C)C3)n2-c2ccccc2)cc1. The number of nitrogens with zero attached hydrogens (tertiary/aromatic N) is 5. The van der Waals surface area contributed by atoms with Gasteiger partial charge in [-0.1, -0.05) is 96.2 Å². The van der Waals surface area contributed by atoms with Gasteiger partial charge in [-0.3, -0.25) is 9.36 Å². The Hall–Kier alpha value is -3.99. The lowest BCUT2D eigenvalue weighted by atomic mass is 10.1. The quantitative estimate of drug-likeness (QED) is 0.127. The fraction of sp³-hybridized carbons (Fsp3) is 0.286. The molecule has 0 bridgehead atoms. The summed E-state index contributed by atoms with van der Waals surface area (Å²) in [6.45, 7) is 5.01. The van der Waals surface area contributed by atoms with Crippen LogP contribution in [-0.2, 0) is 14.8 Å². The summed E-state index contributed by atoms with van der Waals surface area (Å²) >= 11 is 1.64. The molecule has 10 heteroatoms. The summed E-state index contributed by atoms with van der Waals surface area (Å²) < 4.78 is 31.0. The average molecular weight is 640 g/mol. The topological polar surface area (TPSA) is 88.4 Å². The lowest BCUT2D eigenvalue weighted by molar-refractivity contribution is -0.133. The Morgan fingerprint density at radius 1 is 0.867 bits per heavy atom. The van der Waals surface area contributed by atoms with E-state index >= 15 is 0 Å². The number of thioether (sulfide) groups is 1. The first-order chi connectivity index (χ1) is 21.8. The van der Waals surface area contributed by atoms with Gasteiger partial charge in [-0.2, -0.15) is 4.31 Å². The van der Waals surface area contributed by atoms with Gasteiger partial charge < -0.3 is 4.90 Å². The maximum Gasteiger partial charge on any atom is 0.244 e. The molecular weight excluding hydrogens is 603 g/mol. The van der Waals surface area contributed by atoms with Crippen LogP contribution in [0.5, 0.6) is 0 Å². The van der Waals surface area contributed by atoms with E-state index in [9.17, 15) is 13.2 Å². The van der Waals surface area contributed by atoms with Crippen molar-refractivity contribution in [1.29, 1.82) is 0 Å². The summed E-state index contributed by atoms with van der Waals surface area (Å²) in [5.74, 6) is 1.68. The largest absolute Gasteiger partial charge is 0.340 e. The minimum atomic E-state index is -3.70. The first-order valence-electron chi connectivity index (χ1n) is 15.3. The van der Waals surface area contributed by atoms with Gasteiger partial charge in [0.05, 0.1) is 4.90 Å². The summed E-state index contributed by atoms with van der Waals surface area (Å²) in [4.78, 5) is 15.3. The van der Waals surface area contributed by atoms with Gasteiger partial charge in [-0.25, -0.2) is 8.42 Å². The second kappa shape index (κ2) is 13.6. The van der Waals surface area contributed by atoms with Crippen molar-refractivity contribution in [3.05, 3.63) is 103 Å². The van der Waals surface area contributed by atoms with E-state index in [1.165, 1.54) is 5.56 Å². The summed E-state index contributed by atoms with van der Waals surface area (Å²) in [6, 6.07) is 31.0. The molecule has 4 aromatic carbocycles. The molecule has 1 aromatic heterocycles. The second-order valence-corrected chi connectivity index (χ2v) is 14.4. The maximum atomic E-state index is 13.7. The standard InChI is InChI=1S/C35H37N5O3S2/c1-26-18-20-29(21-19-26)34-36-37-35(40(34)30-13-4-3-5-14-30)44-24-9-8-17-33(41)38-22-23-39(27(2)25-38)45(42,43)32-16-10-12-28-11-6-7-15-31(28)32/h3-7,10-16,18-21,27H,8-9,17,22-25H2,1-2H3. The Morgan fingerprint density at radius 3 is 2.38 bits per heavy atom. The first kappa shape index (κ1) is 31.0. The van der Waals surface area contributed by atoms with Crippen molar-refractivity contribution in [2.75, 3.05) is 25.4 Å². The molecule has 2 heterocycles. The normalized spacial score (nSPS) is 15.9. The summed E-state index contributed by atoms with van der Waals surface area (Å²) in [7, 11) is -3.70. The number of fused-ring (bicyclic) bond motifs is 1. The van der Waals surface area contributed by atoms with Crippen LogP contribution in [0, 0.1) is 6.92 Å². The Bertz CT molecular complexity index is 1890. The van der Waals surface area contributed by atoms with E-state index in [1.54, 1.807) is 28.2 Å². The number of aryl methyl sites for hydroxylation is 1. The molecule has 8 nitrogen and oxygen atoms in total. The molecule has 1 amide bonds. The van der Waals surface area contributed by atoms with Gasteiger partial charge >= 0.3 is 0 Å². The van der Waals surface area contributed by atoms with E-state index in [0.29, 0.717) is 24.4 Å². The highest BCUT2D eigenvalue weighted by atomic mass is 32.2. The monoisotopic (exact) mass is 639 g/mol. The Labute approximate surface area is 269 Å². The van der Waals surface area contributed by atoms with Crippen LogP contribution < -0.4 is 0 Å². The highest BCUT2D eigenvalue weighted by Gasteiger charge is 2.35. The predicted molar refractivity (Wildman–Crippen MR) is 180 cm³/mol. The predicted octanol–water partition coefficient (Wildman–Crippen LogP) is 6.58. The molecule has 0 aliphatic carbocycles. The van der Waals surface area contributed by atoms with E-state index in [2.05, 4.69) is 58.1 Å². The van der Waals surface area contributed by atoms with Crippen molar-refractivity contribution < 1.29 is 13.2 Å². The highest BCUT2D eigenvalue weighted by Crippen LogP contribution is 2.30. The van der Waals surface area contributed by atoms with Crippen LogP contribution in [0.25, 0.3) is 27.8 Å². The number of rotatable bonds is 10. The number of para-hydroxylation sites is 1. The number of hydrogen-bond donors (Lipinski definition) is 0. The molecule has 6 rings (SSSR count). The number of unbranched alkanes of at least 4 members (excludes halogenated alkanes) is 1. The molecule has 5 aromatic rings. The number of sulfonamides is 1. The molecule has 1 aliphatic rings. The first-order valence-corrected chi connectivity index (χ1v) is 17.7. The van der Waals surface area contributed by atoms with Gasteiger partial charge in [0.1, 0.15) is 0 Å². The number of carbonyl (C=O) groups excluding carboxylic acids is 1. The molecule has 0 radical (unpaired) electrons. The van der Waals surface area contributed by atoms with Crippen LogP contribution in [0.1, 0.15) is 31.7 Å². The molecule has 1 fully saturated rings. The zero-order valence-electron chi connectivity index (χ0n) is 25.5. The third-order valence-electron chi connectivity index (χ3n) is 8.23. The highest BCUT2D eigenvalue weighted by molar-refractivity contribution is 7.99. The van der Waals surface area contributed by atoms with Crippen molar-refractivity contribution in [3.8, 4) is 17.1 Å². The maximum absolute atomic E-state index is 13.7. The molecule has 0 saturated carbocycles. The zero-order chi connectivity index (χ0) is 31.4. The van der Waals surface area contributed by atoms with Gasteiger partial charge in [0.2, 0.25) is 15.9 Å². The molecule has 232 valence electrons. The molecule has 1 aliphatic heterocycles. The lowest BCUT2D eigenvalue weighted by Crippen LogP contribution is -2.55. The van der Waals surface area contributed by atoms with E-state index < -0.39 is 10.0 Å². The third kappa shape index (κ3) is 6.68. The zero-order valence-corrected chi connectivity index (χ0v) is 27.2. The van der Waals surface area contributed by atoms with Gasteiger partial charge in [-0.15, -0.1) is 10.2 Å². The van der Waals surface area contributed by atoms with E-state index in [0.717, 1.165) is 51.6 Å². The Morgan fingerprint density at radius 2 is 1.60 bits per heavy atom. The van der Waals surface area contributed by atoms with Crippen LogP contribution in [0.2, 0.25) is 0 Å². The molecule has 0 spiro atoms. The number of carbonyl (C=O) groups is 1. The van der Waals surface area contributed by atoms with Crippen LogP contribution in [0.4, 0.5) is 0 Å². The molecule has 1 saturated heterocycles. The van der Waals surface area contributed by atoms with Crippen molar-refractivity contribution in [1.82, 2.24) is 24.0 Å². The van der Waals surface area contributed by atoms with Gasteiger partial charge in [0, 0.05) is 54.5 Å². The Kier molecular flexibility index (Phi) is 9.34. The van der Waals surface area contributed by atoms with Gasteiger partial charge in [0.15, 0.2) is 11.0 Å². The van der Waals surface area contributed by atoms with Crippen LogP contribution in [-0.4, -0.2) is 69.7 Å². The summed E-state index contributed by atoms with van der Waals surface area (Å²) in [6.07, 6.45) is 2.03. The fourth-order valence-corrected chi connectivity index (χ4v) is 8.61. The number of piperazine rings is 1. The van der Waals surface area contributed by atoms with Crippen molar-refractivity contribution >= 4 is 38.5 Å². The minimum absolute atomic E-state index is 0.0724. The van der Waals surface area contributed by atoms with Crippen molar-refractivity contribution in [2.24, 2.45) is 0 Å². The van der Waals surface area contributed by atoms with Crippen LogP contribution in [0.15, 0.2) is 107 Å². The third-order valence-corrected chi connectivity index (χ3v) is 11.3. The van der Waals surface area contributed by atoms with E-state index in [4.69, 9.17) is 0 Å². The summed E-state index contributed by atoms with van der Waals surface area (Å²) in [5, 5.41) is 11.5. The van der Waals surface area contributed by atoms with E-state index in [1.807, 2.05) is 60.4 Å². The summed E-state index contributed by atoms with van der Waals surface area (Å²) in [5.41, 5.74) is 3.20. The van der Waals surface area contributed by atoms with Gasteiger partial charge in [0.25, 0.3) is 0 Å². The van der Waals surface area contributed by atoms with Crippen molar-refractivity contribution in [3.63, 3.8) is 0 Å². The molecule has 45 heavy (non-hydrogen) atoms. The molecule has 1 atom stereocenters. The number of benzene rings is 4. The number of aromatic nitrogens is 3. The lowest BCUT2D eigenvalue weighted by Gasteiger charge is -2.39. The molecule has 0 N–H and O–H groups in total. The fourth-order valence-electron chi connectivity index (χ4n) is 5.83. The van der Waals surface area contributed by atoms with E-state index in [-0.39, 0.29) is 18.5 Å². The molecule has 1 unspecified atom stereocenters. The van der Waals surface area contributed by atoms with Crippen molar-refractivity contribution in [2.45, 2.75) is 49.2 Å². The van der Waals surface area contributed by atoms with Crippen LogP contribution in [0.3, 0.4) is 0 Å². The number of amides is 1. The number of hydrogen-bond acceptors (Lipinski definition) is 6. The minimum Gasteiger partial charge on any atom is -0.340 e. The molecular formula is C35H37N5O3S2. The second-order valence-electron chi connectivity index (χ2n) is 11.4.